The summed E-state index contributed by atoms with van der Waals surface area (Å²) in [5, 5.41) is 2.84. The highest BCUT2D eigenvalue weighted by molar-refractivity contribution is 8.00. The molecule has 0 aliphatic carbocycles. The lowest BCUT2D eigenvalue weighted by atomic mass is 10.1. The van der Waals surface area contributed by atoms with Gasteiger partial charge in [-0.1, -0.05) is 29.8 Å². The number of halogens is 1. The molecule has 0 aliphatic rings. The molecule has 2 rings (SSSR count). The summed E-state index contributed by atoms with van der Waals surface area (Å²) in [6, 6.07) is 12.2. The Morgan fingerprint density at radius 2 is 1.95 bits per heavy atom. The van der Waals surface area contributed by atoms with Crippen molar-refractivity contribution in [3.63, 3.8) is 0 Å². The second-order valence-corrected chi connectivity index (χ2v) is 5.75. The molecule has 0 radical (unpaired) electrons. The van der Waals surface area contributed by atoms with E-state index in [4.69, 9.17) is 5.73 Å². The van der Waals surface area contributed by atoms with Crippen LogP contribution in [0.4, 0.5) is 10.1 Å². The first-order chi connectivity index (χ1) is 10.0. The summed E-state index contributed by atoms with van der Waals surface area (Å²) in [5.74, 6) is -0.202. The third-order valence-corrected chi connectivity index (χ3v) is 4.03. The van der Waals surface area contributed by atoms with Gasteiger partial charge in [-0.2, -0.15) is 0 Å². The van der Waals surface area contributed by atoms with Crippen molar-refractivity contribution >= 4 is 23.4 Å². The standard InChI is InChI=1S/C16H17FN2OS/c1-11-2-4-12(5-3-11)9-19-16(20)10-21-15-7-6-13(17)8-14(15)18/h2-8H,9-10,18H2,1H3,(H,19,20). The summed E-state index contributed by atoms with van der Waals surface area (Å²) >= 11 is 1.30. The minimum atomic E-state index is -0.374. The molecule has 0 spiro atoms. The minimum absolute atomic E-state index is 0.0794. The van der Waals surface area contributed by atoms with Gasteiger partial charge >= 0.3 is 0 Å². The van der Waals surface area contributed by atoms with E-state index in [1.54, 1.807) is 6.07 Å². The van der Waals surface area contributed by atoms with Crippen LogP contribution in [0.1, 0.15) is 11.1 Å². The quantitative estimate of drug-likeness (QED) is 0.659. The third-order valence-electron chi connectivity index (χ3n) is 2.94. The highest BCUT2D eigenvalue weighted by atomic mass is 32.2. The lowest BCUT2D eigenvalue weighted by Gasteiger charge is -2.07. The van der Waals surface area contributed by atoms with E-state index in [0.717, 1.165) is 5.56 Å². The molecule has 2 aromatic rings. The molecule has 0 saturated heterocycles. The Labute approximate surface area is 127 Å². The maximum Gasteiger partial charge on any atom is 0.230 e. The summed E-state index contributed by atoms with van der Waals surface area (Å²) in [4.78, 5) is 12.5. The van der Waals surface area contributed by atoms with E-state index in [-0.39, 0.29) is 17.5 Å². The Hall–Kier alpha value is -2.01. The normalized spacial score (nSPS) is 10.4. The number of hydrogen-bond donors (Lipinski definition) is 2. The molecule has 1 amide bonds. The van der Waals surface area contributed by atoms with Gasteiger partial charge in [0.25, 0.3) is 0 Å². The average molecular weight is 304 g/mol. The Bertz CT molecular complexity index is 629. The van der Waals surface area contributed by atoms with Crippen LogP contribution < -0.4 is 11.1 Å². The van der Waals surface area contributed by atoms with E-state index < -0.39 is 0 Å². The molecule has 0 atom stereocenters. The van der Waals surface area contributed by atoms with Crippen LogP contribution in [0.25, 0.3) is 0 Å². The number of anilines is 1. The molecule has 0 fully saturated rings. The zero-order chi connectivity index (χ0) is 15.2. The summed E-state index contributed by atoms with van der Waals surface area (Å²) in [7, 11) is 0. The number of rotatable bonds is 5. The summed E-state index contributed by atoms with van der Waals surface area (Å²) in [6.07, 6.45) is 0. The second-order valence-electron chi connectivity index (χ2n) is 4.73. The number of benzene rings is 2. The lowest BCUT2D eigenvalue weighted by molar-refractivity contribution is -0.118. The van der Waals surface area contributed by atoms with Crippen molar-refractivity contribution in [1.29, 1.82) is 0 Å². The van der Waals surface area contributed by atoms with E-state index in [1.165, 1.54) is 29.5 Å². The zero-order valence-corrected chi connectivity index (χ0v) is 12.5. The first-order valence-corrected chi connectivity index (χ1v) is 7.53. The van der Waals surface area contributed by atoms with Crippen LogP contribution in [0.3, 0.4) is 0 Å². The van der Waals surface area contributed by atoms with Crippen LogP contribution >= 0.6 is 11.8 Å². The molecule has 0 aliphatic heterocycles. The van der Waals surface area contributed by atoms with Crippen molar-refractivity contribution in [3.8, 4) is 0 Å². The summed E-state index contributed by atoms with van der Waals surface area (Å²) in [5.41, 5.74) is 8.29. The fraction of sp³-hybridized carbons (Fsp3) is 0.188. The molecule has 0 aromatic heterocycles. The fourth-order valence-corrected chi connectivity index (χ4v) is 2.53. The van der Waals surface area contributed by atoms with Gasteiger partial charge in [0, 0.05) is 17.1 Å². The largest absolute Gasteiger partial charge is 0.398 e. The van der Waals surface area contributed by atoms with Crippen LogP contribution in [-0.2, 0) is 11.3 Å². The Kier molecular flexibility index (Phi) is 5.22. The van der Waals surface area contributed by atoms with Crippen molar-refractivity contribution in [2.75, 3.05) is 11.5 Å². The first-order valence-electron chi connectivity index (χ1n) is 6.54. The average Bonchev–Trinajstić information content (AvgIpc) is 2.46. The van der Waals surface area contributed by atoms with Crippen LogP contribution in [-0.4, -0.2) is 11.7 Å². The van der Waals surface area contributed by atoms with Crippen LogP contribution in [0.2, 0.25) is 0 Å². The number of amides is 1. The van der Waals surface area contributed by atoms with Gasteiger partial charge in [-0.3, -0.25) is 4.79 Å². The smallest absolute Gasteiger partial charge is 0.230 e. The Morgan fingerprint density at radius 3 is 2.62 bits per heavy atom. The maximum atomic E-state index is 12.9. The van der Waals surface area contributed by atoms with E-state index in [2.05, 4.69) is 5.32 Å². The highest BCUT2D eigenvalue weighted by Crippen LogP contribution is 2.25. The molecular weight excluding hydrogens is 287 g/mol. The number of carbonyl (C=O) groups excluding carboxylic acids is 1. The molecule has 21 heavy (non-hydrogen) atoms. The minimum Gasteiger partial charge on any atom is -0.398 e. The van der Waals surface area contributed by atoms with Crippen molar-refractivity contribution < 1.29 is 9.18 Å². The Morgan fingerprint density at radius 1 is 1.24 bits per heavy atom. The van der Waals surface area contributed by atoms with Gasteiger partial charge in [0.15, 0.2) is 0 Å². The first kappa shape index (κ1) is 15.4. The van der Waals surface area contributed by atoms with E-state index in [1.807, 2.05) is 31.2 Å². The molecule has 0 heterocycles. The number of carbonyl (C=O) groups is 1. The van der Waals surface area contributed by atoms with Crippen molar-refractivity contribution in [2.45, 2.75) is 18.4 Å². The van der Waals surface area contributed by atoms with Crippen molar-refractivity contribution in [2.24, 2.45) is 0 Å². The van der Waals surface area contributed by atoms with Crippen LogP contribution in [0.5, 0.6) is 0 Å². The maximum absolute atomic E-state index is 12.9. The molecule has 0 unspecified atom stereocenters. The molecule has 5 heteroatoms. The van der Waals surface area contributed by atoms with Gasteiger partial charge in [0.1, 0.15) is 5.82 Å². The highest BCUT2D eigenvalue weighted by Gasteiger charge is 2.06. The number of thioether (sulfide) groups is 1. The van der Waals surface area contributed by atoms with Gasteiger partial charge < -0.3 is 11.1 Å². The predicted octanol–water partition coefficient (Wildman–Crippen LogP) is 3.12. The lowest BCUT2D eigenvalue weighted by Crippen LogP contribution is -2.24. The predicted molar refractivity (Wildman–Crippen MR) is 84.6 cm³/mol. The molecule has 0 saturated carbocycles. The summed E-state index contributed by atoms with van der Waals surface area (Å²) < 4.78 is 12.9. The molecule has 3 nitrogen and oxygen atoms in total. The third kappa shape index (κ3) is 4.79. The van der Waals surface area contributed by atoms with Crippen molar-refractivity contribution in [1.82, 2.24) is 5.32 Å². The number of nitrogens with one attached hydrogen (secondary N) is 1. The van der Waals surface area contributed by atoms with Crippen molar-refractivity contribution in [3.05, 3.63) is 59.4 Å². The molecule has 2 aromatic carbocycles. The zero-order valence-electron chi connectivity index (χ0n) is 11.7. The topological polar surface area (TPSA) is 55.1 Å². The molecule has 110 valence electrons. The van der Waals surface area contributed by atoms with Gasteiger partial charge in [-0.05, 0) is 30.7 Å². The second kappa shape index (κ2) is 7.13. The SMILES string of the molecule is Cc1ccc(CNC(=O)CSc2ccc(F)cc2N)cc1. The van der Waals surface area contributed by atoms with Gasteiger partial charge in [0.05, 0.1) is 5.75 Å². The Balaban J connectivity index is 1.80. The fourth-order valence-electron chi connectivity index (χ4n) is 1.75. The van der Waals surface area contributed by atoms with Crippen LogP contribution in [0, 0.1) is 12.7 Å². The van der Waals surface area contributed by atoms with Gasteiger partial charge in [-0.15, -0.1) is 11.8 Å². The molecule has 3 N–H and O–H groups in total. The van der Waals surface area contributed by atoms with Gasteiger partial charge in [0.2, 0.25) is 5.91 Å². The van der Waals surface area contributed by atoms with Gasteiger partial charge in [-0.25, -0.2) is 4.39 Å². The van der Waals surface area contributed by atoms with Crippen LogP contribution in [0.15, 0.2) is 47.4 Å². The van der Waals surface area contributed by atoms with E-state index in [0.29, 0.717) is 17.1 Å². The molecule has 0 bridgehead atoms. The monoisotopic (exact) mass is 304 g/mol. The number of nitrogen functional groups attached to an aromatic ring is 1. The van der Waals surface area contributed by atoms with E-state index in [9.17, 15) is 9.18 Å². The number of nitrogens with two attached hydrogens (primary N) is 1. The number of hydrogen-bond acceptors (Lipinski definition) is 3. The van der Waals surface area contributed by atoms with E-state index >= 15 is 0 Å². The number of aryl methyl sites for hydroxylation is 1. The molecular formula is C16H17FN2OS. The summed E-state index contributed by atoms with van der Waals surface area (Å²) in [6.45, 7) is 2.52.